The van der Waals surface area contributed by atoms with Gasteiger partial charge in [-0.3, -0.25) is 9.48 Å². The Balaban J connectivity index is 1.75. The summed E-state index contributed by atoms with van der Waals surface area (Å²) in [7, 11) is 1.75. The van der Waals surface area contributed by atoms with Crippen LogP contribution in [0.4, 0.5) is 4.79 Å². The molecule has 8 heteroatoms. The minimum atomic E-state index is -0.783. The number of carbonyl (C=O) groups is 2. The van der Waals surface area contributed by atoms with Gasteiger partial charge >= 0.3 is 12.0 Å². The van der Waals surface area contributed by atoms with Crippen molar-refractivity contribution in [2.45, 2.75) is 38.3 Å². The molecule has 0 bridgehead atoms. The molecule has 1 aliphatic rings. The number of aliphatic carboxylic acids is 1. The number of hydrogen-bond donors (Lipinski definition) is 3. The van der Waals surface area contributed by atoms with Gasteiger partial charge in [0.2, 0.25) is 0 Å². The molecule has 0 spiro atoms. The maximum atomic E-state index is 11.7. The number of nitrogens with zero attached hydrogens (tertiary/aromatic N) is 3. The predicted octanol–water partition coefficient (Wildman–Crippen LogP) is 0.258. The lowest BCUT2D eigenvalue weighted by molar-refractivity contribution is -0.143. The van der Waals surface area contributed by atoms with Crippen LogP contribution in [0.15, 0.2) is 6.33 Å². The molecule has 2 unspecified atom stereocenters. The zero-order chi connectivity index (χ0) is 14.5. The molecular formula is C12H19N5O3. The van der Waals surface area contributed by atoms with E-state index in [9.17, 15) is 9.59 Å². The van der Waals surface area contributed by atoms with Crippen LogP contribution in [0, 0.1) is 5.92 Å². The summed E-state index contributed by atoms with van der Waals surface area (Å²) in [6, 6.07) is -0.393. The molecule has 0 aliphatic heterocycles. The van der Waals surface area contributed by atoms with Crippen LogP contribution in [-0.4, -0.2) is 37.9 Å². The van der Waals surface area contributed by atoms with E-state index in [1.807, 2.05) is 0 Å². The van der Waals surface area contributed by atoms with E-state index in [0.717, 1.165) is 12.8 Å². The standard InChI is InChI=1S/C12H19N5O3/c1-17-7-14-10(16-17)6-13-12(20)15-9-4-2-3-8(5-9)11(18)19/h7-9H,2-6H2,1H3,(H,18,19)(H2,13,15,20). The molecule has 1 saturated carbocycles. The third kappa shape index (κ3) is 3.94. The van der Waals surface area contributed by atoms with Crippen LogP contribution in [0.2, 0.25) is 0 Å². The molecule has 1 aromatic rings. The van der Waals surface area contributed by atoms with Crippen LogP contribution in [0.25, 0.3) is 0 Å². The van der Waals surface area contributed by atoms with Gasteiger partial charge in [-0.1, -0.05) is 6.42 Å². The smallest absolute Gasteiger partial charge is 0.315 e. The van der Waals surface area contributed by atoms with Gasteiger partial charge in [0.05, 0.1) is 12.5 Å². The molecule has 0 saturated heterocycles. The number of aryl methyl sites for hydroxylation is 1. The number of rotatable bonds is 4. The molecule has 20 heavy (non-hydrogen) atoms. The van der Waals surface area contributed by atoms with E-state index in [-0.39, 0.29) is 24.5 Å². The Kier molecular flexibility index (Phi) is 4.54. The van der Waals surface area contributed by atoms with Crippen molar-refractivity contribution in [2.24, 2.45) is 13.0 Å². The summed E-state index contributed by atoms with van der Waals surface area (Å²) in [5, 5.41) is 18.5. The van der Waals surface area contributed by atoms with Crippen molar-refractivity contribution < 1.29 is 14.7 Å². The average Bonchev–Trinajstić information content (AvgIpc) is 2.82. The number of carboxylic acids is 1. The van der Waals surface area contributed by atoms with Crippen LogP contribution < -0.4 is 10.6 Å². The van der Waals surface area contributed by atoms with Gasteiger partial charge < -0.3 is 15.7 Å². The van der Waals surface area contributed by atoms with Gasteiger partial charge in [0.15, 0.2) is 5.82 Å². The second kappa shape index (κ2) is 6.36. The quantitative estimate of drug-likeness (QED) is 0.733. The van der Waals surface area contributed by atoms with Crippen LogP contribution in [-0.2, 0) is 18.4 Å². The monoisotopic (exact) mass is 281 g/mol. The first-order valence-electron chi connectivity index (χ1n) is 6.66. The van der Waals surface area contributed by atoms with Crippen molar-refractivity contribution in [3.05, 3.63) is 12.2 Å². The molecule has 3 N–H and O–H groups in total. The molecule has 0 radical (unpaired) electrons. The SMILES string of the molecule is Cn1cnc(CNC(=O)NC2CCCC(C(=O)O)C2)n1. The fraction of sp³-hybridized carbons (Fsp3) is 0.667. The first-order valence-corrected chi connectivity index (χ1v) is 6.66. The molecule has 110 valence electrons. The molecular weight excluding hydrogens is 262 g/mol. The summed E-state index contributed by atoms with van der Waals surface area (Å²) in [4.78, 5) is 26.7. The first-order chi connectivity index (χ1) is 9.54. The molecule has 8 nitrogen and oxygen atoms in total. The highest BCUT2D eigenvalue weighted by molar-refractivity contribution is 5.74. The van der Waals surface area contributed by atoms with Crippen molar-refractivity contribution in [2.75, 3.05) is 0 Å². The van der Waals surface area contributed by atoms with Gasteiger partial charge in [0, 0.05) is 13.1 Å². The van der Waals surface area contributed by atoms with E-state index >= 15 is 0 Å². The minimum absolute atomic E-state index is 0.0819. The highest BCUT2D eigenvalue weighted by atomic mass is 16.4. The van der Waals surface area contributed by atoms with E-state index in [4.69, 9.17) is 5.11 Å². The van der Waals surface area contributed by atoms with E-state index in [1.54, 1.807) is 18.1 Å². The fourth-order valence-corrected chi connectivity index (χ4v) is 2.41. The summed E-state index contributed by atoms with van der Waals surface area (Å²) in [6.45, 7) is 0.252. The van der Waals surface area contributed by atoms with Crippen molar-refractivity contribution in [1.29, 1.82) is 0 Å². The van der Waals surface area contributed by atoms with Crippen molar-refractivity contribution >= 4 is 12.0 Å². The normalized spacial score (nSPS) is 22.2. The van der Waals surface area contributed by atoms with Gasteiger partial charge in [-0.25, -0.2) is 9.78 Å². The second-order valence-electron chi connectivity index (χ2n) is 5.06. The Hall–Kier alpha value is -2.12. The van der Waals surface area contributed by atoms with Crippen molar-refractivity contribution in [1.82, 2.24) is 25.4 Å². The average molecular weight is 281 g/mol. The summed E-state index contributed by atoms with van der Waals surface area (Å²) in [6.07, 6.45) is 4.38. The van der Waals surface area contributed by atoms with Gasteiger partial charge in [-0.15, -0.1) is 0 Å². The fourth-order valence-electron chi connectivity index (χ4n) is 2.41. The predicted molar refractivity (Wildman–Crippen MR) is 69.8 cm³/mol. The molecule has 1 aliphatic carbocycles. The molecule has 2 rings (SSSR count). The molecule has 0 aromatic carbocycles. The summed E-state index contributed by atoms with van der Waals surface area (Å²) in [5.41, 5.74) is 0. The molecule has 2 amide bonds. The van der Waals surface area contributed by atoms with Crippen LogP contribution >= 0.6 is 0 Å². The Morgan fingerprint density at radius 1 is 1.50 bits per heavy atom. The molecule has 1 aromatic heterocycles. The highest BCUT2D eigenvalue weighted by Gasteiger charge is 2.27. The third-order valence-electron chi connectivity index (χ3n) is 3.41. The van der Waals surface area contributed by atoms with Crippen LogP contribution in [0.5, 0.6) is 0 Å². The minimum Gasteiger partial charge on any atom is -0.481 e. The third-order valence-corrected chi connectivity index (χ3v) is 3.41. The summed E-state index contributed by atoms with van der Waals surface area (Å²) in [5.74, 6) is -0.601. The number of urea groups is 1. The van der Waals surface area contributed by atoms with Gasteiger partial charge in [0.25, 0.3) is 0 Å². The lowest BCUT2D eigenvalue weighted by atomic mass is 9.86. The largest absolute Gasteiger partial charge is 0.481 e. The number of aromatic nitrogens is 3. The van der Waals surface area contributed by atoms with Crippen LogP contribution in [0.1, 0.15) is 31.5 Å². The number of amides is 2. The number of carboxylic acid groups (broad SMARTS) is 1. The second-order valence-corrected chi connectivity index (χ2v) is 5.06. The van der Waals surface area contributed by atoms with Gasteiger partial charge in [0.1, 0.15) is 6.33 Å². The van der Waals surface area contributed by atoms with Gasteiger partial charge in [-0.05, 0) is 19.3 Å². The Morgan fingerprint density at radius 3 is 2.95 bits per heavy atom. The molecule has 1 fully saturated rings. The number of carbonyl (C=O) groups excluding carboxylic acids is 1. The lowest BCUT2D eigenvalue weighted by Crippen LogP contribution is -2.44. The number of hydrogen-bond acceptors (Lipinski definition) is 4. The Labute approximate surface area is 116 Å². The maximum absolute atomic E-state index is 11.7. The summed E-state index contributed by atoms with van der Waals surface area (Å²) >= 11 is 0. The molecule has 2 atom stereocenters. The van der Waals surface area contributed by atoms with E-state index in [2.05, 4.69) is 20.7 Å². The highest BCUT2D eigenvalue weighted by Crippen LogP contribution is 2.24. The lowest BCUT2D eigenvalue weighted by Gasteiger charge is -2.27. The van der Waals surface area contributed by atoms with E-state index in [0.29, 0.717) is 18.7 Å². The molecule has 1 heterocycles. The zero-order valence-corrected chi connectivity index (χ0v) is 11.4. The Morgan fingerprint density at radius 2 is 2.30 bits per heavy atom. The van der Waals surface area contributed by atoms with Gasteiger partial charge in [-0.2, -0.15) is 5.10 Å². The van der Waals surface area contributed by atoms with Crippen molar-refractivity contribution in [3.63, 3.8) is 0 Å². The van der Waals surface area contributed by atoms with Crippen molar-refractivity contribution in [3.8, 4) is 0 Å². The van der Waals surface area contributed by atoms with E-state index < -0.39 is 5.97 Å². The Bertz CT molecular complexity index is 487. The van der Waals surface area contributed by atoms with E-state index in [1.165, 1.54) is 0 Å². The maximum Gasteiger partial charge on any atom is 0.315 e. The summed E-state index contributed by atoms with van der Waals surface area (Å²) < 4.78 is 1.56. The first kappa shape index (κ1) is 14.3. The van der Waals surface area contributed by atoms with Crippen LogP contribution in [0.3, 0.4) is 0 Å². The topological polar surface area (TPSA) is 109 Å². The number of nitrogens with one attached hydrogen (secondary N) is 2. The zero-order valence-electron chi connectivity index (χ0n) is 11.4.